The van der Waals surface area contributed by atoms with Gasteiger partial charge in [0.25, 0.3) is 0 Å². The molecule has 1 fully saturated rings. The van der Waals surface area contributed by atoms with E-state index >= 15 is 0 Å². The molecule has 29 heavy (non-hydrogen) atoms. The van der Waals surface area contributed by atoms with Crippen molar-refractivity contribution in [2.24, 2.45) is 0 Å². The van der Waals surface area contributed by atoms with Crippen molar-refractivity contribution in [1.82, 2.24) is 19.6 Å². The van der Waals surface area contributed by atoms with Gasteiger partial charge < -0.3 is 15.0 Å². The second kappa shape index (κ2) is 8.46. The lowest BCUT2D eigenvalue weighted by Gasteiger charge is -2.34. The van der Waals surface area contributed by atoms with E-state index in [1.807, 2.05) is 0 Å². The Labute approximate surface area is 168 Å². The Morgan fingerprint density at radius 1 is 1.24 bits per heavy atom. The zero-order valence-corrected chi connectivity index (χ0v) is 16.5. The fourth-order valence-corrected chi connectivity index (χ4v) is 3.88. The number of rotatable bonds is 4. The Bertz CT molecular complexity index is 893. The molecule has 1 aromatic carbocycles. The molecule has 0 bridgehead atoms. The van der Waals surface area contributed by atoms with Crippen LogP contribution in [-0.2, 0) is 30.9 Å². The van der Waals surface area contributed by atoms with Crippen LogP contribution in [0.15, 0.2) is 18.2 Å². The van der Waals surface area contributed by atoms with Gasteiger partial charge in [0.15, 0.2) is 0 Å². The average molecular weight is 405 g/mol. The van der Waals surface area contributed by atoms with E-state index in [0.29, 0.717) is 39.3 Å². The lowest BCUT2D eigenvalue weighted by atomic mass is 10.1. The summed E-state index contributed by atoms with van der Waals surface area (Å²) in [6.45, 7) is 7.38. The molecule has 0 aliphatic carbocycles. The molecular weight excluding hydrogens is 380 g/mol. The predicted octanol–water partition coefficient (Wildman–Crippen LogP) is 2.60. The van der Waals surface area contributed by atoms with Gasteiger partial charge in [-0.05, 0) is 19.1 Å². The van der Waals surface area contributed by atoms with E-state index in [9.17, 15) is 13.6 Å². The molecule has 2 aliphatic heterocycles. The molecule has 2 aliphatic rings. The number of hydrogen-bond acceptors (Lipinski definition) is 4. The fourth-order valence-electron chi connectivity index (χ4n) is 3.88. The van der Waals surface area contributed by atoms with E-state index in [-0.39, 0.29) is 5.69 Å². The third kappa shape index (κ3) is 4.25. The summed E-state index contributed by atoms with van der Waals surface area (Å²) in [5.74, 6) is -1.25. The van der Waals surface area contributed by atoms with Crippen LogP contribution in [0.4, 0.5) is 19.3 Å². The topological polar surface area (TPSA) is 62.6 Å². The molecule has 2 amide bonds. The number of aryl methyl sites for hydroxylation is 1. The lowest BCUT2D eigenvalue weighted by molar-refractivity contribution is 0.106. The highest BCUT2D eigenvalue weighted by Crippen LogP contribution is 2.23. The minimum absolute atomic E-state index is 0.144. The van der Waals surface area contributed by atoms with Gasteiger partial charge in [-0.25, -0.2) is 13.6 Å². The van der Waals surface area contributed by atoms with Crippen LogP contribution < -0.4 is 5.32 Å². The molecule has 0 atom stereocenters. The van der Waals surface area contributed by atoms with Crippen LogP contribution in [0.5, 0.6) is 0 Å². The van der Waals surface area contributed by atoms with Gasteiger partial charge in [-0.15, -0.1) is 0 Å². The Morgan fingerprint density at radius 3 is 2.79 bits per heavy atom. The molecule has 0 unspecified atom stereocenters. The first-order valence-corrected chi connectivity index (χ1v) is 9.93. The largest absolute Gasteiger partial charge is 0.376 e. The molecule has 3 heterocycles. The van der Waals surface area contributed by atoms with Crippen LogP contribution in [0.25, 0.3) is 0 Å². The first kappa shape index (κ1) is 19.8. The van der Waals surface area contributed by atoms with Crippen molar-refractivity contribution in [2.45, 2.75) is 33.0 Å². The van der Waals surface area contributed by atoms with Crippen molar-refractivity contribution in [3.8, 4) is 0 Å². The molecule has 0 saturated carbocycles. The first-order valence-electron chi connectivity index (χ1n) is 9.93. The van der Waals surface area contributed by atoms with E-state index in [0.717, 1.165) is 43.5 Å². The number of carbonyl (C=O) groups excluding carboxylic acids is 1. The Kier molecular flexibility index (Phi) is 5.77. The number of nitrogens with zero attached hydrogens (tertiary/aromatic N) is 4. The van der Waals surface area contributed by atoms with Crippen LogP contribution in [0.3, 0.4) is 0 Å². The van der Waals surface area contributed by atoms with Crippen molar-refractivity contribution in [3.05, 3.63) is 46.8 Å². The Hall–Kier alpha value is -2.52. The number of amides is 2. The smallest absolute Gasteiger partial charge is 0.322 e. The van der Waals surface area contributed by atoms with Gasteiger partial charge in [0.2, 0.25) is 0 Å². The van der Waals surface area contributed by atoms with Gasteiger partial charge in [0.1, 0.15) is 11.6 Å². The van der Waals surface area contributed by atoms with E-state index in [1.54, 1.807) is 4.90 Å². The monoisotopic (exact) mass is 405 g/mol. The molecule has 0 spiro atoms. The van der Waals surface area contributed by atoms with E-state index in [2.05, 4.69) is 21.8 Å². The fraction of sp³-hybridized carbons (Fsp3) is 0.500. The number of benzene rings is 1. The predicted molar refractivity (Wildman–Crippen MR) is 103 cm³/mol. The Balaban J connectivity index is 1.34. The van der Waals surface area contributed by atoms with Gasteiger partial charge >= 0.3 is 6.03 Å². The van der Waals surface area contributed by atoms with Crippen molar-refractivity contribution in [1.29, 1.82) is 0 Å². The van der Waals surface area contributed by atoms with Crippen LogP contribution >= 0.6 is 0 Å². The highest BCUT2D eigenvalue weighted by molar-refractivity contribution is 5.89. The van der Waals surface area contributed by atoms with Crippen LogP contribution in [-0.4, -0.2) is 58.4 Å². The van der Waals surface area contributed by atoms with Crippen molar-refractivity contribution >= 4 is 11.7 Å². The van der Waals surface area contributed by atoms with Gasteiger partial charge in [-0.3, -0.25) is 9.58 Å². The maximum atomic E-state index is 13.7. The zero-order valence-electron chi connectivity index (χ0n) is 16.5. The highest BCUT2D eigenvalue weighted by Gasteiger charge is 2.26. The number of urea groups is 1. The number of fused-ring (bicyclic) bond motifs is 1. The van der Waals surface area contributed by atoms with Crippen molar-refractivity contribution < 1.29 is 18.3 Å². The highest BCUT2D eigenvalue weighted by atomic mass is 19.1. The number of halogens is 2. The number of aromatic nitrogens is 2. The molecule has 0 radical (unpaired) electrons. The summed E-state index contributed by atoms with van der Waals surface area (Å²) >= 11 is 0. The Morgan fingerprint density at radius 2 is 2.03 bits per heavy atom. The number of ether oxygens (including phenoxy) is 1. The van der Waals surface area contributed by atoms with Crippen molar-refractivity contribution in [2.75, 3.05) is 38.1 Å². The second-order valence-electron chi connectivity index (χ2n) is 7.31. The molecular formula is C20H25F2N5O2. The SMILES string of the molecule is CCn1nc(CN2CCN(C(=O)Nc3cc(F)ccc3F)CC2)c2c1CCOC2. The van der Waals surface area contributed by atoms with Crippen LogP contribution in [0.2, 0.25) is 0 Å². The van der Waals surface area contributed by atoms with Crippen LogP contribution in [0.1, 0.15) is 23.9 Å². The number of anilines is 1. The molecule has 1 saturated heterocycles. The van der Waals surface area contributed by atoms with E-state index < -0.39 is 17.7 Å². The quantitative estimate of drug-likeness (QED) is 0.850. The summed E-state index contributed by atoms with van der Waals surface area (Å²) in [5.41, 5.74) is 3.36. The molecule has 4 rings (SSSR count). The molecule has 2 aromatic rings. The maximum absolute atomic E-state index is 13.7. The second-order valence-corrected chi connectivity index (χ2v) is 7.31. The first-order chi connectivity index (χ1) is 14.0. The third-order valence-electron chi connectivity index (χ3n) is 5.48. The summed E-state index contributed by atoms with van der Waals surface area (Å²) in [6, 6.07) is 2.59. The van der Waals surface area contributed by atoms with Gasteiger partial charge in [0.05, 0.1) is 24.6 Å². The summed E-state index contributed by atoms with van der Waals surface area (Å²) < 4.78 is 34.7. The van der Waals surface area contributed by atoms with Gasteiger partial charge in [-0.2, -0.15) is 5.10 Å². The van der Waals surface area contributed by atoms with Gasteiger partial charge in [0, 0.05) is 63.0 Å². The zero-order chi connectivity index (χ0) is 20.4. The molecule has 7 nitrogen and oxygen atoms in total. The van der Waals surface area contributed by atoms with Crippen molar-refractivity contribution in [3.63, 3.8) is 0 Å². The summed E-state index contributed by atoms with van der Waals surface area (Å²) in [4.78, 5) is 16.3. The normalized spacial score (nSPS) is 17.3. The van der Waals surface area contributed by atoms with E-state index in [1.165, 1.54) is 11.3 Å². The molecule has 156 valence electrons. The maximum Gasteiger partial charge on any atom is 0.322 e. The standard InChI is InChI=1S/C20H25F2N5O2/c1-2-27-19-5-10-29-13-15(19)18(24-27)12-25-6-8-26(9-7-25)20(28)23-17-11-14(21)3-4-16(17)22/h3-4,11H,2,5-10,12-13H2,1H3,(H,23,28). The third-order valence-corrected chi connectivity index (χ3v) is 5.48. The lowest BCUT2D eigenvalue weighted by Crippen LogP contribution is -2.49. The summed E-state index contributed by atoms with van der Waals surface area (Å²) in [5, 5.41) is 7.22. The minimum atomic E-state index is -0.656. The minimum Gasteiger partial charge on any atom is -0.376 e. The number of hydrogen-bond donors (Lipinski definition) is 1. The molecule has 9 heteroatoms. The number of carbonyl (C=O) groups is 1. The van der Waals surface area contributed by atoms with E-state index in [4.69, 9.17) is 9.84 Å². The summed E-state index contributed by atoms with van der Waals surface area (Å²) in [7, 11) is 0. The number of nitrogens with one attached hydrogen (secondary N) is 1. The van der Waals surface area contributed by atoms with Crippen LogP contribution in [0, 0.1) is 11.6 Å². The summed E-state index contributed by atoms with van der Waals surface area (Å²) in [6.07, 6.45) is 0.890. The average Bonchev–Trinajstić information content (AvgIpc) is 3.09. The molecule has 1 aromatic heterocycles. The molecule has 1 N–H and O–H groups in total. The number of piperazine rings is 1. The van der Waals surface area contributed by atoms with Gasteiger partial charge in [-0.1, -0.05) is 0 Å².